The van der Waals surface area contributed by atoms with Gasteiger partial charge in [0, 0.05) is 6.42 Å². The number of alkyl halides is 3. The number of methoxy groups -OCH3 is 1. The number of amides is 1. The summed E-state index contributed by atoms with van der Waals surface area (Å²) in [5.74, 6) is -0.441. The van der Waals surface area contributed by atoms with Crippen LogP contribution in [0, 0.1) is 0 Å². The second kappa shape index (κ2) is 8.63. The number of hydrazone groups is 1. The van der Waals surface area contributed by atoms with E-state index >= 15 is 0 Å². The Labute approximate surface area is 176 Å². The normalized spacial score (nSPS) is 15.3. The molecule has 0 saturated heterocycles. The second-order valence-electron chi connectivity index (χ2n) is 6.65. The van der Waals surface area contributed by atoms with Gasteiger partial charge in [-0.2, -0.15) is 23.3 Å². The molecule has 0 N–H and O–H groups in total. The number of carbonyl (C=O) groups excluding carboxylic acids is 2. The maximum atomic E-state index is 13.0. The van der Waals surface area contributed by atoms with Crippen molar-refractivity contribution in [2.75, 3.05) is 12.1 Å². The number of carbonyl (C=O) groups is 2. The minimum atomic E-state index is -4.53. The highest BCUT2D eigenvalue weighted by Gasteiger charge is 2.33. The fraction of sp³-hybridized carbons (Fsp3) is 0.227. The zero-order valence-electron chi connectivity index (χ0n) is 17.0. The van der Waals surface area contributed by atoms with Gasteiger partial charge in [0.2, 0.25) is 0 Å². The number of benzene rings is 2. The van der Waals surface area contributed by atoms with E-state index in [1.54, 1.807) is 32.1 Å². The van der Waals surface area contributed by atoms with Crippen LogP contribution in [0.1, 0.15) is 31.4 Å². The van der Waals surface area contributed by atoms with Gasteiger partial charge in [-0.15, -0.1) is 0 Å². The summed E-state index contributed by atoms with van der Waals surface area (Å²) >= 11 is 0. The molecule has 1 amide bonds. The van der Waals surface area contributed by atoms with Crippen molar-refractivity contribution in [2.24, 2.45) is 5.10 Å². The van der Waals surface area contributed by atoms with Gasteiger partial charge in [-0.25, -0.2) is 0 Å². The summed E-state index contributed by atoms with van der Waals surface area (Å²) in [6, 6.07) is 9.15. The summed E-state index contributed by atoms with van der Waals surface area (Å²) in [5.41, 5.74) is 0.282. The third kappa shape index (κ3) is 4.76. The number of esters is 1. The minimum Gasteiger partial charge on any atom is -0.493 e. The van der Waals surface area contributed by atoms with E-state index in [2.05, 4.69) is 5.10 Å². The summed E-state index contributed by atoms with van der Waals surface area (Å²) < 4.78 is 49.5. The molecule has 31 heavy (non-hydrogen) atoms. The molecule has 3 rings (SSSR count). The molecule has 0 radical (unpaired) electrons. The van der Waals surface area contributed by atoms with Crippen LogP contribution in [-0.4, -0.2) is 24.7 Å². The monoisotopic (exact) mass is 432 g/mol. The predicted octanol–water partition coefficient (Wildman–Crippen LogP) is 4.84. The van der Waals surface area contributed by atoms with Crippen LogP contribution in [-0.2, 0) is 15.8 Å². The predicted molar refractivity (Wildman–Crippen MR) is 109 cm³/mol. The summed E-state index contributed by atoms with van der Waals surface area (Å²) in [6.45, 7) is 3.25. The Morgan fingerprint density at radius 3 is 2.55 bits per heavy atom. The van der Waals surface area contributed by atoms with Crippen LogP contribution in [0.5, 0.6) is 11.5 Å². The third-order valence-electron chi connectivity index (χ3n) is 4.49. The Hall–Kier alpha value is -3.62. The van der Waals surface area contributed by atoms with Crippen molar-refractivity contribution in [3.8, 4) is 11.5 Å². The fourth-order valence-corrected chi connectivity index (χ4v) is 2.89. The molecule has 0 atom stereocenters. The van der Waals surface area contributed by atoms with Crippen LogP contribution < -0.4 is 14.5 Å². The van der Waals surface area contributed by atoms with Crippen molar-refractivity contribution in [3.05, 3.63) is 59.2 Å². The van der Waals surface area contributed by atoms with Gasteiger partial charge in [-0.3, -0.25) is 9.59 Å². The van der Waals surface area contributed by atoms with Gasteiger partial charge in [0.1, 0.15) is 0 Å². The van der Waals surface area contributed by atoms with Crippen LogP contribution in [0.4, 0.5) is 18.9 Å². The molecule has 162 valence electrons. The topological polar surface area (TPSA) is 68.2 Å². The van der Waals surface area contributed by atoms with Crippen molar-refractivity contribution in [1.29, 1.82) is 0 Å². The lowest BCUT2D eigenvalue weighted by molar-refractivity contribution is -0.137. The summed E-state index contributed by atoms with van der Waals surface area (Å²) in [7, 11) is 1.42. The highest BCUT2D eigenvalue weighted by molar-refractivity contribution is 6.32. The van der Waals surface area contributed by atoms with Gasteiger partial charge in [-0.1, -0.05) is 19.1 Å². The minimum absolute atomic E-state index is 0.0157. The molecule has 1 aliphatic heterocycles. The van der Waals surface area contributed by atoms with E-state index in [0.29, 0.717) is 17.0 Å². The van der Waals surface area contributed by atoms with Crippen LogP contribution in [0.3, 0.4) is 0 Å². The van der Waals surface area contributed by atoms with E-state index in [4.69, 9.17) is 9.47 Å². The molecule has 0 aliphatic carbocycles. The second-order valence-corrected chi connectivity index (χ2v) is 6.65. The van der Waals surface area contributed by atoms with Gasteiger partial charge >= 0.3 is 12.1 Å². The number of anilines is 1. The molecule has 0 fully saturated rings. The van der Waals surface area contributed by atoms with Crippen molar-refractivity contribution in [2.45, 2.75) is 26.4 Å². The smallest absolute Gasteiger partial charge is 0.416 e. The van der Waals surface area contributed by atoms with Gasteiger partial charge in [-0.05, 0) is 48.9 Å². The molecular formula is C22H19F3N2O4. The van der Waals surface area contributed by atoms with E-state index in [9.17, 15) is 22.8 Å². The van der Waals surface area contributed by atoms with E-state index in [0.717, 1.165) is 17.1 Å². The lowest BCUT2D eigenvalue weighted by Gasteiger charge is -2.14. The van der Waals surface area contributed by atoms with Gasteiger partial charge in [0.05, 0.1) is 29.6 Å². The standard InChI is InChI=1S/C22H19F3N2O4/c1-4-20(28)31-18-9-8-14(11-19(18)30-3)10-17-13(2)26-27(21(17)29)16-7-5-6-15(12-16)22(23,24)25/h5-12H,4H2,1-3H3/b17-10+. The number of hydrogen-bond donors (Lipinski definition) is 0. The zero-order chi connectivity index (χ0) is 22.8. The molecule has 9 heteroatoms. The van der Waals surface area contributed by atoms with E-state index in [-0.39, 0.29) is 23.4 Å². The van der Waals surface area contributed by atoms with Crippen molar-refractivity contribution in [1.82, 2.24) is 0 Å². The Bertz CT molecular complexity index is 1090. The highest BCUT2D eigenvalue weighted by Crippen LogP contribution is 2.34. The van der Waals surface area contributed by atoms with Crippen LogP contribution >= 0.6 is 0 Å². The maximum Gasteiger partial charge on any atom is 0.416 e. The first-order valence-electron chi connectivity index (χ1n) is 9.31. The van der Waals surface area contributed by atoms with Gasteiger partial charge < -0.3 is 9.47 Å². The third-order valence-corrected chi connectivity index (χ3v) is 4.49. The molecule has 1 heterocycles. The number of hydrogen-bond acceptors (Lipinski definition) is 5. The Kier molecular flexibility index (Phi) is 6.14. The molecule has 0 spiro atoms. The largest absolute Gasteiger partial charge is 0.493 e. The maximum absolute atomic E-state index is 13.0. The van der Waals surface area contributed by atoms with Crippen molar-refractivity contribution >= 4 is 29.4 Å². The average Bonchev–Trinajstić information content (AvgIpc) is 3.02. The molecule has 2 aromatic carbocycles. The summed E-state index contributed by atoms with van der Waals surface area (Å²) in [5, 5.41) is 5.05. The first-order chi connectivity index (χ1) is 14.6. The molecule has 0 bridgehead atoms. The Morgan fingerprint density at radius 1 is 1.16 bits per heavy atom. The quantitative estimate of drug-likeness (QED) is 0.385. The summed E-state index contributed by atoms with van der Waals surface area (Å²) in [4.78, 5) is 24.4. The lowest BCUT2D eigenvalue weighted by Crippen LogP contribution is -2.21. The SMILES string of the molecule is CCC(=O)Oc1ccc(/C=C2/C(=O)N(c3cccc(C(F)(F)F)c3)N=C2C)cc1OC. The van der Waals surface area contributed by atoms with Crippen molar-refractivity contribution in [3.63, 3.8) is 0 Å². The fourth-order valence-electron chi connectivity index (χ4n) is 2.89. The molecule has 2 aromatic rings. The molecule has 0 saturated carbocycles. The lowest BCUT2D eigenvalue weighted by atomic mass is 10.1. The van der Waals surface area contributed by atoms with Crippen LogP contribution in [0.2, 0.25) is 0 Å². The first-order valence-corrected chi connectivity index (χ1v) is 9.31. The average molecular weight is 432 g/mol. The van der Waals surface area contributed by atoms with E-state index < -0.39 is 23.6 Å². The number of halogens is 3. The summed E-state index contributed by atoms with van der Waals surface area (Å²) in [6.07, 6.45) is -2.79. The Balaban J connectivity index is 1.91. The molecule has 0 unspecified atom stereocenters. The van der Waals surface area contributed by atoms with Crippen LogP contribution in [0.25, 0.3) is 6.08 Å². The molecule has 1 aliphatic rings. The molecule has 0 aromatic heterocycles. The molecule has 6 nitrogen and oxygen atoms in total. The Morgan fingerprint density at radius 2 is 1.90 bits per heavy atom. The zero-order valence-corrected chi connectivity index (χ0v) is 17.0. The number of rotatable bonds is 5. The number of ether oxygens (including phenoxy) is 2. The van der Waals surface area contributed by atoms with E-state index in [1.165, 1.54) is 25.3 Å². The highest BCUT2D eigenvalue weighted by atomic mass is 19.4. The van der Waals surface area contributed by atoms with Gasteiger partial charge in [0.15, 0.2) is 11.5 Å². The first kappa shape index (κ1) is 22.1. The van der Waals surface area contributed by atoms with E-state index in [1.807, 2.05) is 0 Å². The molecular weight excluding hydrogens is 413 g/mol. The van der Waals surface area contributed by atoms with Gasteiger partial charge in [0.25, 0.3) is 5.91 Å². The number of nitrogens with zero attached hydrogens (tertiary/aromatic N) is 2. The van der Waals surface area contributed by atoms with Crippen LogP contribution in [0.15, 0.2) is 53.1 Å². The van der Waals surface area contributed by atoms with Crippen molar-refractivity contribution < 1.29 is 32.2 Å².